The molecule has 1 aromatic heterocycles. The largest absolute Gasteiger partial charge is 0.396 e. The highest BCUT2D eigenvalue weighted by Crippen LogP contribution is 2.21. The quantitative estimate of drug-likeness (QED) is 0.882. The van der Waals surface area contributed by atoms with E-state index in [2.05, 4.69) is 4.98 Å². The Morgan fingerprint density at radius 3 is 2.76 bits per heavy atom. The van der Waals surface area contributed by atoms with E-state index in [9.17, 15) is 4.79 Å². The molecule has 0 unspecified atom stereocenters. The number of nitrogens with two attached hydrogens (primary N) is 1. The maximum absolute atomic E-state index is 12.6. The molecule has 0 aliphatic heterocycles. The molecule has 2 aromatic rings. The summed E-state index contributed by atoms with van der Waals surface area (Å²) in [6.07, 6.45) is 0.549. The van der Waals surface area contributed by atoms with E-state index in [1.165, 1.54) is 0 Å². The highest BCUT2D eigenvalue weighted by atomic mass is 16.3. The predicted molar refractivity (Wildman–Crippen MR) is 84.0 cm³/mol. The molecule has 0 aliphatic carbocycles. The van der Waals surface area contributed by atoms with Gasteiger partial charge in [-0.2, -0.15) is 0 Å². The molecule has 1 aromatic carbocycles. The van der Waals surface area contributed by atoms with Gasteiger partial charge in [0.05, 0.1) is 0 Å². The highest BCUT2D eigenvalue weighted by Gasteiger charge is 2.20. The van der Waals surface area contributed by atoms with Crippen LogP contribution < -0.4 is 5.73 Å². The van der Waals surface area contributed by atoms with Gasteiger partial charge < -0.3 is 15.7 Å². The lowest BCUT2D eigenvalue weighted by molar-refractivity contribution is 0.0687. The molecule has 1 heterocycles. The molecule has 21 heavy (non-hydrogen) atoms. The van der Waals surface area contributed by atoms with Crippen LogP contribution >= 0.6 is 0 Å². The van der Waals surface area contributed by atoms with E-state index in [4.69, 9.17) is 10.8 Å². The summed E-state index contributed by atoms with van der Waals surface area (Å²) in [4.78, 5) is 18.6. The average molecular weight is 287 g/mol. The van der Waals surface area contributed by atoms with Gasteiger partial charge in [0.25, 0.3) is 5.91 Å². The molecule has 112 valence electrons. The number of aliphatic hydroxyl groups excluding tert-OH is 1. The van der Waals surface area contributed by atoms with E-state index < -0.39 is 0 Å². The molecular formula is C16H21N3O2. The Labute approximate surface area is 124 Å². The second-order valence-corrected chi connectivity index (χ2v) is 5.28. The third-order valence-electron chi connectivity index (χ3n) is 3.43. The number of hydrogen-bond acceptors (Lipinski definition) is 4. The fourth-order valence-corrected chi connectivity index (χ4v) is 2.32. The molecule has 0 bridgehead atoms. The molecule has 2 rings (SSSR count). The number of pyridine rings is 1. The smallest absolute Gasteiger partial charge is 0.272 e. The zero-order chi connectivity index (χ0) is 15.4. The number of carbonyl (C=O) groups excluding carboxylic acids is 1. The van der Waals surface area contributed by atoms with Crippen molar-refractivity contribution in [3.05, 3.63) is 36.0 Å². The van der Waals surface area contributed by atoms with Crippen molar-refractivity contribution in [2.75, 3.05) is 18.9 Å². The van der Waals surface area contributed by atoms with Crippen LogP contribution in [-0.2, 0) is 0 Å². The molecule has 5 nitrogen and oxygen atoms in total. The van der Waals surface area contributed by atoms with Crippen molar-refractivity contribution in [2.24, 2.45) is 0 Å². The second-order valence-electron chi connectivity index (χ2n) is 5.28. The number of benzene rings is 1. The summed E-state index contributed by atoms with van der Waals surface area (Å²) >= 11 is 0. The van der Waals surface area contributed by atoms with Gasteiger partial charge >= 0.3 is 0 Å². The van der Waals surface area contributed by atoms with Gasteiger partial charge in [0, 0.05) is 24.6 Å². The molecule has 0 radical (unpaired) electrons. The van der Waals surface area contributed by atoms with Crippen molar-refractivity contribution < 1.29 is 9.90 Å². The van der Waals surface area contributed by atoms with Crippen LogP contribution in [0.4, 0.5) is 5.82 Å². The number of amides is 1. The van der Waals surface area contributed by atoms with E-state index >= 15 is 0 Å². The molecule has 3 N–H and O–H groups in total. The van der Waals surface area contributed by atoms with Gasteiger partial charge in [-0.15, -0.1) is 0 Å². The lowest BCUT2D eigenvalue weighted by Crippen LogP contribution is -2.38. The molecule has 0 fully saturated rings. The molecule has 0 saturated heterocycles. The van der Waals surface area contributed by atoms with Gasteiger partial charge in [0.15, 0.2) is 0 Å². The van der Waals surface area contributed by atoms with Crippen molar-refractivity contribution in [3.63, 3.8) is 0 Å². The Bertz CT molecular complexity index is 640. The monoisotopic (exact) mass is 287 g/mol. The Morgan fingerprint density at radius 1 is 1.38 bits per heavy atom. The number of anilines is 1. The molecule has 0 aliphatic rings. The topological polar surface area (TPSA) is 79.5 Å². The number of nitrogen functional groups attached to an aromatic ring is 1. The first-order valence-corrected chi connectivity index (χ1v) is 7.11. The first-order valence-electron chi connectivity index (χ1n) is 7.11. The van der Waals surface area contributed by atoms with Crippen molar-refractivity contribution in [1.82, 2.24) is 9.88 Å². The van der Waals surface area contributed by atoms with E-state index in [1.807, 2.05) is 38.1 Å². The van der Waals surface area contributed by atoms with Crippen LogP contribution in [0.2, 0.25) is 0 Å². The predicted octanol–water partition coefficient (Wildman–Crippen LogP) is 2.05. The number of fused-ring (bicyclic) bond motifs is 1. The Morgan fingerprint density at radius 2 is 2.10 bits per heavy atom. The summed E-state index contributed by atoms with van der Waals surface area (Å²) in [7, 11) is 0. The number of hydrogen-bond donors (Lipinski definition) is 2. The Balaban J connectivity index is 2.37. The van der Waals surface area contributed by atoms with E-state index in [0.717, 1.165) is 10.8 Å². The summed E-state index contributed by atoms with van der Waals surface area (Å²) in [5, 5.41) is 10.7. The fraction of sp³-hybridized carbons (Fsp3) is 0.375. The minimum absolute atomic E-state index is 0.0403. The van der Waals surface area contributed by atoms with Gasteiger partial charge in [0.1, 0.15) is 11.5 Å². The average Bonchev–Trinajstić information content (AvgIpc) is 2.47. The summed E-state index contributed by atoms with van der Waals surface area (Å²) in [6.45, 7) is 4.45. The highest BCUT2D eigenvalue weighted by molar-refractivity contribution is 5.99. The fourth-order valence-electron chi connectivity index (χ4n) is 2.32. The SMILES string of the molecule is CC(C)N(CCCO)C(=O)c1cc2ccccc2c(N)n1. The van der Waals surface area contributed by atoms with Gasteiger partial charge in [-0.3, -0.25) is 4.79 Å². The first kappa shape index (κ1) is 15.3. The molecule has 0 spiro atoms. The van der Waals surface area contributed by atoms with Crippen molar-refractivity contribution in [2.45, 2.75) is 26.3 Å². The van der Waals surface area contributed by atoms with Crippen LogP contribution in [0.3, 0.4) is 0 Å². The maximum Gasteiger partial charge on any atom is 0.272 e. The molecule has 1 amide bonds. The number of aromatic nitrogens is 1. The Hall–Kier alpha value is -2.14. The van der Waals surface area contributed by atoms with Crippen LogP contribution in [0.5, 0.6) is 0 Å². The van der Waals surface area contributed by atoms with Crippen LogP contribution in [0.15, 0.2) is 30.3 Å². The lowest BCUT2D eigenvalue weighted by atomic mass is 10.1. The van der Waals surface area contributed by atoms with E-state index in [-0.39, 0.29) is 18.6 Å². The van der Waals surface area contributed by atoms with E-state index in [0.29, 0.717) is 24.5 Å². The number of rotatable bonds is 5. The third kappa shape index (κ3) is 3.31. The number of aliphatic hydroxyl groups is 1. The summed E-state index contributed by atoms with van der Waals surface area (Å²) < 4.78 is 0. The Kier molecular flexibility index (Phi) is 4.75. The number of nitrogens with zero attached hydrogens (tertiary/aromatic N) is 2. The standard InChI is InChI=1S/C16H21N3O2/c1-11(2)19(8-5-9-20)16(21)14-10-12-6-3-4-7-13(12)15(17)18-14/h3-4,6-7,10-11,20H,5,8-9H2,1-2H3,(H2,17,18). The second kappa shape index (κ2) is 6.54. The van der Waals surface area contributed by atoms with Crippen LogP contribution in [-0.4, -0.2) is 40.1 Å². The van der Waals surface area contributed by atoms with Gasteiger partial charge in [0.2, 0.25) is 0 Å². The van der Waals surface area contributed by atoms with Gasteiger partial charge in [-0.1, -0.05) is 24.3 Å². The molecule has 5 heteroatoms. The summed E-state index contributed by atoms with van der Waals surface area (Å²) in [6, 6.07) is 9.40. The van der Waals surface area contributed by atoms with Crippen LogP contribution in [0.1, 0.15) is 30.8 Å². The van der Waals surface area contributed by atoms with Crippen molar-refractivity contribution in [1.29, 1.82) is 0 Å². The van der Waals surface area contributed by atoms with Gasteiger partial charge in [-0.05, 0) is 31.7 Å². The van der Waals surface area contributed by atoms with Gasteiger partial charge in [-0.25, -0.2) is 4.98 Å². The number of carbonyl (C=O) groups is 1. The first-order chi connectivity index (χ1) is 10.0. The third-order valence-corrected chi connectivity index (χ3v) is 3.43. The lowest BCUT2D eigenvalue weighted by Gasteiger charge is -2.26. The molecular weight excluding hydrogens is 266 g/mol. The molecule has 0 saturated carbocycles. The zero-order valence-corrected chi connectivity index (χ0v) is 12.4. The van der Waals surface area contributed by atoms with Crippen LogP contribution in [0.25, 0.3) is 10.8 Å². The van der Waals surface area contributed by atoms with Crippen molar-refractivity contribution >= 4 is 22.5 Å². The van der Waals surface area contributed by atoms with Crippen LogP contribution in [0, 0.1) is 0 Å². The minimum Gasteiger partial charge on any atom is -0.396 e. The maximum atomic E-state index is 12.6. The normalized spacial score (nSPS) is 11.0. The minimum atomic E-state index is -0.157. The molecule has 0 atom stereocenters. The van der Waals surface area contributed by atoms with Crippen molar-refractivity contribution in [3.8, 4) is 0 Å². The van der Waals surface area contributed by atoms with E-state index in [1.54, 1.807) is 11.0 Å². The zero-order valence-electron chi connectivity index (χ0n) is 12.4. The summed E-state index contributed by atoms with van der Waals surface area (Å²) in [5.74, 6) is 0.207. The summed E-state index contributed by atoms with van der Waals surface area (Å²) in [5.41, 5.74) is 6.29.